The molecule has 0 aromatic heterocycles. The molecule has 1 aliphatic heterocycles. The van der Waals surface area contributed by atoms with Crippen LogP contribution in [0.5, 0.6) is 0 Å². The monoisotopic (exact) mass is 204 g/mol. The Morgan fingerprint density at radius 2 is 1.33 bits per heavy atom. The smallest absolute Gasteiger partial charge is 0.0790 e. The summed E-state index contributed by atoms with van der Waals surface area (Å²) >= 11 is 1.97. The summed E-state index contributed by atoms with van der Waals surface area (Å²) in [6.45, 7) is 0. The quantitative estimate of drug-likeness (QED) is 0.527. The first-order chi connectivity index (χ1) is 5.63. The lowest BCUT2D eigenvalue weighted by atomic mass is 10.5. The number of hydrogen-bond donors (Lipinski definition) is 0. The van der Waals surface area contributed by atoms with Crippen molar-refractivity contribution < 1.29 is 19.8 Å². The summed E-state index contributed by atoms with van der Waals surface area (Å²) < 4.78 is 0. The summed E-state index contributed by atoms with van der Waals surface area (Å²) in [6.07, 6.45) is 0. The molecule has 1 rings (SSSR count). The summed E-state index contributed by atoms with van der Waals surface area (Å²) in [6, 6.07) is 0. The van der Waals surface area contributed by atoms with Crippen LogP contribution >= 0.6 is 23.5 Å². The molecule has 0 saturated carbocycles. The highest BCUT2D eigenvalue weighted by molar-refractivity contribution is 8.11. The third kappa shape index (κ3) is 1.95. The topological polar surface area (TPSA) is 80.3 Å². The maximum absolute atomic E-state index is 10.4. The minimum absolute atomic E-state index is 0.216. The normalized spacial score (nSPS) is 17.7. The Hall–Kier alpha value is -0.620. The number of carbonyl (C=O) groups excluding carboxylic acids is 2. The zero-order valence-electron chi connectivity index (χ0n) is 5.86. The van der Waals surface area contributed by atoms with Gasteiger partial charge in [0.15, 0.2) is 0 Å². The van der Waals surface area contributed by atoms with Crippen molar-refractivity contribution in [3.8, 4) is 0 Å². The van der Waals surface area contributed by atoms with E-state index in [9.17, 15) is 19.8 Å². The molecule has 0 unspecified atom stereocenters. The summed E-state index contributed by atoms with van der Waals surface area (Å²) in [7, 11) is 0. The van der Waals surface area contributed by atoms with Crippen LogP contribution in [-0.2, 0) is 9.59 Å². The highest BCUT2D eigenvalue weighted by Gasteiger charge is 2.15. The van der Waals surface area contributed by atoms with E-state index in [2.05, 4.69) is 0 Å². The van der Waals surface area contributed by atoms with Gasteiger partial charge in [-0.05, 0) is 0 Å². The molecular weight excluding hydrogens is 200 g/mol. The van der Waals surface area contributed by atoms with Gasteiger partial charge in [-0.1, -0.05) is 0 Å². The lowest BCUT2D eigenvalue weighted by Gasteiger charge is -2.20. The third-order valence-electron chi connectivity index (χ3n) is 1.15. The second-order valence-corrected chi connectivity index (χ2v) is 4.14. The molecular formula is C6H4O4S2-2. The first kappa shape index (κ1) is 9.47. The van der Waals surface area contributed by atoms with Crippen LogP contribution in [0.3, 0.4) is 0 Å². The van der Waals surface area contributed by atoms with Crippen LogP contribution in [0.4, 0.5) is 0 Å². The Morgan fingerprint density at radius 1 is 1.00 bits per heavy atom. The zero-order chi connectivity index (χ0) is 9.14. The average Bonchev–Trinajstić information content (AvgIpc) is 2.04. The van der Waals surface area contributed by atoms with Gasteiger partial charge >= 0.3 is 0 Å². The fourth-order valence-corrected chi connectivity index (χ4v) is 2.81. The summed E-state index contributed by atoms with van der Waals surface area (Å²) in [5.41, 5.74) is 0. The highest BCUT2D eigenvalue weighted by Crippen LogP contribution is 2.32. The largest absolute Gasteiger partial charge is 0.544 e. The molecule has 0 saturated heterocycles. The van der Waals surface area contributed by atoms with E-state index in [0.29, 0.717) is 11.5 Å². The van der Waals surface area contributed by atoms with Crippen LogP contribution in [0.25, 0.3) is 0 Å². The van der Waals surface area contributed by atoms with Crippen LogP contribution in [0.15, 0.2) is 9.81 Å². The van der Waals surface area contributed by atoms with Gasteiger partial charge in [0, 0.05) is 21.3 Å². The van der Waals surface area contributed by atoms with E-state index in [0.717, 1.165) is 23.5 Å². The van der Waals surface area contributed by atoms with Crippen LogP contribution in [-0.4, -0.2) is 23.4 Å². The van der Waals surface area contributed by atoms with E-state index in [1.54, 1.807) is 0 Å². The van der Waals surface area contributed by atoms with Crippen LogP contribution < -0.4 is 10.2 Å². The second-order valence-electron chi connectivity index (χ2n) is 1.93. The van der Waals surface area contributed by atoms with Crippen molar-refractivity contribution in [3.63, 3.8) is 0 Å². The molecule has 0 aliphatic carbocycles. The molecule has 6 heteroatoms. The maximum atomic E-state index is 10.4. The van der Waals surface area contributed by atoms with Gasteiger partial charge in [-0.25, -0.2) is 0 Å². The maximum Gasteiger partial charge on any atom is 0.0790 e. The van der Waals surface area contributed by atoms with E-state index in [1.165, 1.54) is 0 Å². The molecule has 0 aromatic carbocycles. The first-order valence-corrected chi connectivity index (χ1v) is 5.02. The number of carboxylic acids is 2. The van der Waals surface area contributed by atoms with Crippen LogP contribution in [0.1, 0.15) is 0 Å². The van der Waals surface area contributed by atoms with E-state index in [-0.39, 0.29) is 9.81 Å². The number of carbonyl (C=O) groups is 2. The van der Waals surface area contributed by atoms with Gasteiger partial charge in [-0.2, -0.15) is 0 Å². The molecule has 1 heterocycles. The van der Waals surface area contributed by atoms with Gasteiger partial charge < -0.3 is 19.8 Å². The fourth-order valence-electron chi connectivity index (χ4n) is 0.722. The molecule has 66 valence electrons. The second kappa shape index (κ2) is 3.86. The molecule has 0 bridgehead atoms. The van der Waals surface area contributed by atoms with Crippen molar-refractivity contribution in [1.29, 1.82) is 0 Å². The summed E-state index contributed by atoms with van der Waals surface area (Å²) in [5, 5.41) is 20.7. The van der Waals surface area contributed by atoms with Crippen molar-refractivity contribution >= 4 is 35.5 Å². The number of carboxylic acid groups (broad SMARTS) is 2. The van der Waals surface area contributed by atoms with E-state index < -0.39 is 11.9 Å². The summed E-state index contributed by atoms with van der Waals surface area (Å²) in [5.74, 6) is -1.70. The molecule has 12 heavy (non-hydrogen) atoms. The Bertz CT molecular complexity index is 232. The highest BCUT2D eigenvalue weighted by atomic mass is 32.2. The van der Waals surface area contributed by atoms with Gasteiger partial charge in [-0.3, -0.25) is 0 Å². The average molecular weight is 204 g/mol. The minimum atomic E-state index is -1.44. The molecule has 0 N–H and O–H groups in total. The zero-order valence-corrected chi connectivity index (χ0v) is 7.50. The molecule has 0 fully saturated rings. The Balaban J connectivity index is 2.99. The van der Waals surface area contributed by atoms with Gasteiger partial charge in [0.05, 0.1) is 11.9 Å². The molecule has 0 aromatic rings. The predicted octanol–water partition coefficient (Wildman–Crippen LogP) is -1.82. The molecule has 0 spiro atoms. The Kier molecular flexibility index (Phi) is 3.05. The molecule has 4 nitrogen and oxygen atoms in total. The number of thioether (sulfide) groups is 2. The number of aliphatic carboxylic acids is 2. The van der Waals surface area contributed by atoms with Crippen molar-refractivity contribution in [2.24, 2.45) is 0 Å². The number of hydrogen-bond acceptors (Lipinski definition) is 6. The van der Waals surface area contributed by atoms with Crippen molar-refractivity contribution in [3.05, 3.63) is 9.81 Å². The van der Waals surface area contributed by atoms with Crippen LogP contribution in [0.2, 0.25) is 0 Å². The van der Waals surface area contributed by atoms with E-state index in [1.807, 2.05) is 0 Å². The predicted molar refractivity (Wildman–Crippen MR) is 42.0 cm³/mol. The Labute approximate surface area is 77.0 Å². The minimum Gasteiger partial charge on any atom is -0.544 e. The van der Waals surface area contributed by atoms with Crippen molar-refractivity contribution in [2.75, 3.05) is 11.5 Å². The Morgan fingerprint density at radius 3 is 1.58 bits per heavy atom. The first-order valence-electron chi connectivity index (χ1n) is 3.05. The lowest BCUT2D eigenvalue weighted by Crippen LogP contribution is -2.31. The van der Waals surface area contributed by atoms with Gasteiger partial charge in [-0.15, -0.1) is 23.5 Å². The lowest BCUT2D eigenvalue weighted by molar-refractivity contribution is -0.302. The van der Waals surface area contributed by atoms with Gasteiger partial charge in [0.25, 0.3) is 0 Å². The molecule has 1 aliphatic rings. The standard InChI is InChI=1S/C6H6O4S2/c7-5(8)3-4(6(9)10)12-2-1-11-3/h1-2H2,(H,7,8)(H,9,10)/p-2. The van der Waals surface area contributed by atoms with Crippen LogP contribution in [0, 0.1) is 0 Å². The summed E-state index contributed by atoms with van der Waals surface area (Å²) in [4.78, 5) is 20.3. The van der Waals surface area contributed by atoms with Crippen molar-refractivity contribution in [2.45, 2.75) is 0 Å². The van der Waals surface area contributed by atoms with Gasteiger partial charge in [0.1, 0.15) is 0 Å². The molecule has 0 amide bonds. The van der Waals surface area contributed by atoms with E-state index in [4.69, 9.17) is 0 Å². The van der Waals surface area contributed by atoms with E-state index >= 15 is 0 Å². The number of rotatable bonds is 2. The fraction of sp³-hybridized carbons (Fsp3) is 0.333. The van der Waals surface area contributed by atoms with Crippen molar-refractivity contribution in [1.82, 2.24) is 0 Å². The third-order valence-corrected chi connectivity index (χ3v) is 3.68. The molecule has 0 radical (unpaired) electrons. The molecule has 0 atom stereocenters. The van der Waals surface area contributed by atoms with Gasteiger partial charge in [0.2, 0.25) is 0 Å². The SMILES string of the molecule is O=C([O-])C1=C(C(=O)[O-])SCCS1.